The van der Waals surface area contributed by atoms with E-state index >= 15 is 0 Å². The number of hydrogen-bond donors (Lipinski definition) is 2. The summed E-state index contributed by atoms with van der Waals surface area (Å²) >= 11 is 3.07. The predicted molar refractivity (Wildman–Crippen MR) is 114 cm³/mol. The molecule has 1 aliphatic rings. The molecule has 0 atom stereocenters. The van der Waals surface area contributed by atoms with E-state index in [1.54, 1.807) is 18.0 Å². The Morgan fingerprint density at radius 2 is 1.93 bits per heavy atom. The van der Waals surface area contributed by atoms with E-state index in [1.165, 1.54) is 18.5 Å². The van der Waals surface area contributed by atoms with Crippen LogP contribution in [0.1, 0.15) is 11.1 Å². The molecule has 1 aromatic heterocycles. The number of nitrogens with zero attached hydrogens (tertiary/aromatic N) is 3. The molecule has 4 rings (SSSR count). The fourth-order valence-corrected chi connectivity index (χ4v) is 3.72. The highest BCUT2D eigenvalue weighted by molar-refractivity contribution is 9.10. The first-order valence-corrected chi connectivity index (χ1v) is 10.1. The molecule has 0 radical (unpaired) electrons. The van der Waals surface area contributed by atoms with Crippen molar-refractivity contribution in [3.05, 3.63) is 70.0 Å². The van der Waals surface area contributed by atoms with Crippen molar-refractivity contribution < 1.29 is 13.6 Å². The Hall–Kier alpha value is -3.07. The highest BCUT2D eigenvalue weighted by Gasteiger charge is 2.20. The molecule has 0 saturated carbocycles. The lowest BCUT2D eigenvalue weighted by Gasteiger charge is -2.27. The highest BCUT2D eigenvalue weighted by Crippen LogP contribution is 2.29. The molecule has 6 nitrogen and oxygen atoms in total. The van der Waals surface area contributed by atoms with E-state index in [0.717, 1.165) is 16.8 Å². The second-order valence-electron chi connectivity index (χ2n) is 6.87. The number of carbonyl (C=O) groups excluding carboxylic acids is 1. The molecule has 0 fully saturated rings. The Kier molecular flexibility index (Phi) is 5.63. The number of anilines is 2. The van der Waals surface area contributed by atoms with E-state index in [0.29, 0.717) is 29.1 Å². The van der Waals surface area contributed by atoms with Crippen molar-refractivity contribution in [3.63, 3.8) is 0 Å². The third kappa shape index (κ3) is 4.11. The lowest BCUT2D eigenvalue weighted by atomic mass is 10.0. The Bertz CT molecular complexity index is 1100. The van der Waals surface area contributed by atoms with Crippen molar-refractivity contribution in [1.29, 1.82) is 0 Å². The van der Waals surface area contributed by atoms with Crippen LogP contribution in [0.2, 0.25) is 0 Å². The standard InChI is InChI=1S/C21H18BrF2N5O/c1-29-19-6-12(2-3-13(19)10-26-21(29)30)18-9-20(28-11-27-18)25-5-4-15-16(23)7-14(22)8-17(15)24/h2-3,6-9,11H,4-5,10H2,1H3,(H,26,30)(H,25,27,28). The zero-order valence-electron chi connectivity index (χ0n) is 16.0. The number of rotatable bonds is 5. The lowest BCUT2D eigenvalue weighted by Crippen LogP contribution is -2.41. The van der Waals surface area contributed by atoms with Gasteiger partial charge in [0.25, 0.3) is 0 Å². The number of halogens is 3. The molecule has 154 valence electrons. The van der Waals surface area contributed by atoms with E-state index in [1.807, 2.05) is 18.2 Å². The van der Waals surface area contributed by atoms with Crippen molar-refractivity contribution >= 4 is 33.5 Å². The third-order valence-corrected chi connectivity index (χ3v) is 5.39. The first-order valence-electron chi connectivity index (χ1n) is 9.26. The number of urea groups is 1. The zero-order valence-corrected chi connectivity index (χ0v) is 17.6. The van der Waals surface area contributed by atoms with Crippen LogP contribution in [-0.4, -0.2) is 29.6 Å². The van der Waals surface area contributed by atoms with Crippen LogP contribution in [0.25, 0.3) is 11.3 Å². The van der Waals surface area contributed by atoms with Gasteiger partial charge in [-0.15, -0.1) is 0 Å². The van der Waals surface area contributed by atoms with E-state index < -0.39 is 11.6 Å². The molecule has 3 aromatic rings. The summed E-state index contributed by atoms with van der Waals surface area (Å²) in [5.41, 5.74) is 3.38. The number of aromatic nitrogens is 2. The summed E-state index contributed by atoms with van der Waals surface area (Å²) in [6, 6.07) is 9.89. The molecular weight excluding hydrogens is 456 g/mol. The van der Waals surface area contributed by atoms with E-state index in [4.69, 9.17) is 0 Å². The number of fused-ring (bicyclic) bond motifs is 1. The molecule has 30 heavy (non-hydrogen) atoms. The second kappa shape index (κ2) is 8.35. The van der Waals surface area contributed by atoms with Gasteiger partial charge < -0.3 is 10.6 Å². The molecular formula is C21H18BrF2N5O. The van der Waals surface area contributed by atoms with Gasteiger partial charge in [-0.05, 0) is 30.2 Å². The zero-order chi connectivity index (χ0) is 21.3. The van der Waals surface area contributed by atoms with Gasteiger partial charge in [-0.1, -0.05) is 28.1 Å². The van der Waals surface area contributed by atoms with Crippen LogP contribution in [0.15, 0.2) is 47.2 Å². The average molecular weight is 474 g/mol. The third-order valence-electron chi connectivity index (χ3n) is 4.93. The van der Waals surface area contributed by atoms with E-state index in [2.05, 4.69) is 36.5 Å². The van der Waals surface area contributed by atoms with Crippen molar-refractivity contribution in [2.24, 2.45) is 0 Å². The normalized spacial score (nSPS) is 13.1. The fraction of sp³-hybridized carbons (Fsp3) is 0.190. The van der Waals surface area contributed by atoms with E-state index in [-0.39, 0.29) is 18.0 Å². The van der Waals surface area contributed by atoms with Gasteiger partial charge in [0.05, 0.1) is 11.4 Å². The summed E-state index contributed by atoms with van der Waals surface area (Å²) in [5, 5.41) is 5.88. The van der Waals surface area contributed by atoms with E-state index in [9.17, 15) is 13.6 Å². The number of benzene rings is 2. The summed E-state index contributed by atoms with van der Waals surface area (Å²) in [6.45, 7) is 0.789. The van der Waals surface area contributed by atoms with Crippen molar-refractivity contribution in [1.82, 2.24) is 15.3 Å². The van der Waals surface area contributed by atoms with Crippen molar-refractivity contribution in [2.75, 3.05) is 23.8 Å². The van der Waals surface area contributed by atoms with Crippen LogP contribution < -0.4 is 15.5 Å². The largest absolute Gasteiger partial charge is 0.370 e. The van der Waals surface area contributed by atoms with Crippen LogP contribution in [0.4, 0.5) is 25.1 Å². The molecule has 0 spiro atoms. The lowest BCUT2D eigenvalue weighted by molar-refractivity contribution is 0.246. The van der Waals surface area contributed by atoms with Gasteiger partial charge >= 0.3 is 6.03 Å². The Morgan fingerprint density at radius 1 is 1.17 bits per heavy atom. The van der Waals surface area contributed by atoms with Gasteiger partial charge in [0.2, 0.25) is 0 Å². The molecule has 9 heteroatoms. The quantitative estimate of drug-likeness (QED) is 0.572. The molecule has 1 aliphatic heterocycles. The van der Waals surface area contributed by atoms with Crippen LogP contribution in [0, 0.1) is 11.6 Å². The predicted octanol–water partition coefficient (Wildman–Crippen LogP) is 4.50. The monoisotopic (exact) mass is 473 g/mol. The summed E-state index contributed by atoms with van der Waals surface area (Å²) in [5.74, 6) is -0.634. The topological polar surface area (TPSA) is 70.2 Å². The molecule has 0 aliphatic carbocycles. The Balaban J connectivity index is 1.49. The molecule has 0 bridgehead atoms. The number of carbonyl (C=O) groups is 1. The minimum absolute atomic E-state index is 0.0241. The van der Waals surface area contributed by atoms with Gasteiger partial charge in [0.15, 0.2) is 0 Å². The SMILES string of the molecule is CN1C(=O)NCc2ccc(-c3cc(NCCc4c(F)cc(Br)cc4F)ncn3)cc21. The minimum atomic E-state index is -0.589. The molecule has 0 unspecified atom stereocenters. The number of nitrogens with one attached hydrogen (secondary N) is 2. The van der Waals surface area contributed by atoms with Gasteiger partial charge in [0, 0.05) is 41.8 Å². The summed E-state index contributed by atoms with van der Waals surface area (Å²) in [7, 11) is 1.71. The smallest absolute Gasteiger partial charge is 0.321 e. The maximum absolute atomic E-state index is 14.0. The first-order chi connectivity index (χ1) is 14.4. The molecule has 0 saturated heterocycles. The maximum Gasteiger partial charge on any atom is 0.321 e. The summed E-state index contributed by atoms with van der Waals surface area (Å²) < 4.78 is 28.3. The molecule has 2 N–H and O–H groups in total. The number of amides is 2. The maximum atomic E-state index is 14.0. The van der Waals surface area contributed by atoms with Crippen molar-refractivity contribution in [2.45, 2.75) is 13.0 Å². The minimum Gasteiger partial charge on any atom is -0.370 e. The van der Waals surface area contributed by atoms with Gasteiger partial charge in [0.1, 0.15) is 23.8 Å². The van der Waals surface area contributed by atoms with Crippen LogP contribution in [0.3, 0.4) is 0 Å². The first kappa shape index (κ1) is 20.2. The van der Waals surface area contributed by atoms with Crippen molar-refractivity contribution in [3.8, 4) is 11.3 Å². The van der Waals surface area contributed by atoms with Crippen LogP contribution in [0.5, 0.6) is 0 Å². The van der Waals surface area contributed by atoms with Crippen LogP contribution >= 0.6 is 15.9 Å². The summed E-state index contributed by atoms with van der Waals surface area (Å²) in [6.07, 6.45) is 1.59. The second-order valence-corrected chi connectivity index (χ2v) is 7.79. The number of hydrogen-bond acceptors (Lipinski definition) is 4. The molecule has 2 heterocycles. The average Bonchev–Trinajstić information content (AvgIpc) is 2.73. The van der Waals surface area contributed by atoms with Gasteiger partial charge in [-0.2, -0.15) is 0 Å². The molecule has 2 amide bonds. The van der Waals surface area contributed by atoms with Crippen LogP contribution in [-0.2, 0) is 13.0 Å². The van der Waals surface area contributed by atoms with Gasteiger partial charge in [-0.3, -0.25) is 4.90 Å². The Labute approximate surface area is 180 Å². The fourth-order valence-electron chi connectivity index (χ4n) is 3.32. The Morgan fingerprint density at radius 3 is 2.70 bits per heavy atom. The highest BCUT2D eigenvalue weighted by atomic mass is 79.9. The molecule has 2 aromatic carbocycles. The summed E-state index contributed by atoms with van der Waals surface area (Å²) in [4.78, 5) is 21.9. The van der Waals surface area contributed by atoms with Gasteiger partial charge in [-0.25, -0.2) is 23.5 Å².